The fraction of sp³-hybridized carbons (Fsp3) is 0.154. The van der Waals surface area contributed by atoms with Crippen molar-refractivity contribution in [2.75, 3.05) is 0 Å². The van der Waals surface area contributed by atoms with Crippen LogP contribution in [0.25, 0.3) is 16.9 Å². The molecule has 20 heavy (non-hydrogen) atoms. The highest BCUT2D eigenvalue weighted by atomic mass is 35.5. The molecule has 0 fully saturated rings. The Kier molecular flexibility index (Phi) is 3.39. The maximum absolute atomic E-state index is 10.7. The molecule has 0 spiro atoms. The lowest BCUT2D eigenvalue weighted by Crippen LogP contribution is -2.33. The Labute approximate surface area is 119 Å². The summed E-state index contributed by atoms with van der Waals surface area (Å²) in [6.45, 7) is 0.568. The lowest BCUT2D eigenvalue weighted by molar-refractivity contribution is -0.695. The minimum atomic E-state index is -0.333. The largest absolute Gasteiger partial charge is 0.281 e. The number of hydrogen-bond donors (Lipinski definition) is 0. The number of fused-ring (bicyclic) bond motifs is 1. The van der Waals surface area contributed by atoms with Gasteiger partial charge in [-0.2, -0.15) is 0 Å². The fourth-order valence-corrected chi connectivity index (χ4v) is 1.95. The van der Waals surface area contributed by atoms with Crippen LogP contribution in [0.15, 0.2) is 43.0 Å². The highest BCUT2D eigenvalue weighted by molar-refractivity contribution is 6.63. The van der Waals surface area contributed by atoms with Gasteiger partial charge >= 0.3 is 0 Å². The number of aryl methyl sites for hydroxylation is 1. The van der Waals surface area contributed by atoms with Gasteiger partial charge in [0.15, 0.2) is 24.6 Å². The average Bonchev–Trinajstić information content (AvgIpc) is 2.93. The zero-order valence-corrected chi connectivity index (χ0v) is 11.2. The summed E-state index contributed by atoms with van der Waals surface area (Å²) in [4.78, 5) is 14.8. The molecule has 0 unspecified atom stereocenters. The fourth-order valence-electron chi connectivity index (χ4n) is 1.87. The molecular formula is C13H11ClN5O+. The standard InChI is InChI=1S/C13H11ClN5O/c14-12(20)5-8-18-6-3-10(4-7-18)11-1-2-13-15-9-16-19(13)17-11/h1-4,6-7,9H,5,8H2/q+1. The second kappa shape index (κ2) is 5.34. The predicted octanol–water partition coefficient (Wildman–Crippen LogP) is 1.23. The van der Waals surface area contributed by atoms with Gasteiger partial charge < -0.3 is 0 Å². The van der Waals surface area contributed by atoms with Crippen LogP contribution in [0.5, 0.6) is 0 Å². The molecule has 100 valence electrons. The Morgan fingerprint density at radius 1 is 1.25 bits per heavy atom. The number of hydrogen-bond acceptors (Lipinski definition) is 4. The monoisotopic (exact) mass is 288 g/mol. The first-order chi connectivity index (χ1) is 9.72. The lowest BCUT2D eigenvalue weighted by atomic mass is 10.2. The van der Waals surface area contributed by atoms with Crippen LogP contribution in [0, 0.1) is 0 Å². The van der Waals surface area contributed by atoms with Gasteiger partial charge in [-0.25, -0.2) is 9.55 Å². The first-order valence-electron chi connectivity index (χ1n) is 6.07. The van der Waals surface area contributed by atoms with Crippen molar-refractivity contribution in [2.24, 2.45) is 0 Å². The molecule has 7 heteroatoms. The summed E-state index contributed by atoms with van der Waals surface area (Å²) in [6, 6.07) is 7.63. The zero-order valence-electron chi connectivity index (χ0n) is 10.5. The number of carbonyl (C=O) groups excluding carboxylic acids is 1. The molecule has 0 N–H and O–H groups in total. The number of halogens is 1. The number of aromatic nitrogens is 5. The van der Waals surface area contributed by atoms with Crippen LogP contribution in [0.1, 0.15) is 6.42 Å². The van der Waals surface area contributed by atoms with Crippen molar-refractivity contribution in [1.29, 1.82) is 0 Å². The molecule has 0 radical (unpaired) electrons. The first-order valence-corrected chi connectivity index (χ1v) is 6.45. The molecule has 0 atom stereocenters. The third-order valence-electron chi connectivity index (χ3n) is 2.90. The van der Waals surface area contributed by atoms with Gasteiger partial charge in [0, 0.05) is 17.7 Å². The van der Waals surface area contributed by atoms with Crippen LogP contribution in [-0.2, 0) is 11.3 Å². The number of nitrogens with zero attached hydrogens (tertiary/aromatic N) is 5. The van der Waals surface area contributed by atoms with Crippen LogP contribution in [0.4, 0.5) is 0 Å². The molecule has 6 nitrogen and oxygen atoms in total. The van der Waals surface area contributed by atoms with Gasteiger partial charge in [-0.15, -0.1) is 14.8 Å². The van der Waals surface area contributed by atoms with E-state index in [1.165, 1.54) is 11.0 Å². The van der Waals surface area contributed by atoms with Crippen molar-refractivity contribution in [3.63, 3.8) is 0 Å². The molecule has 0 saturated heterocycles. The molecule has 0 aliphatic heterocycles. The van der Waals surface area contributed by atoms with E-state index in [0.29, 0.717) is 18.6 Å². The molecule has 0 bridgehead atoms. The molecule has 0 saturated carbocycles. The van der Waals surface area contributed by atoms with Crippen molar-refractivity contribution in [2.45, 2.75) is 13.0 Å². The smallest absolute Gasteiger partial charge is 0.227 e. The van der Waals surface area contributed by atoms with Crippen molar-refractivity contribution in [3.05, 3.63) is 43.0 Å². The van der Waals surface area contributed by atoms with Gasteiger partial charge in [-0.3, -0.25) is 4.79 Å². The number of rotatable bonds is 4. The maximum atomic E-state index is 10.7. The normalized spacial score (nSPS) is 10.8. The minimum Gasteiger partial charge on any atom is -0.281 e. The molecule has 3 heterocycles. The minimum absolute atomic E-state index is 0.314. The summed E-state index contributed by atoms with van der Waals surface area (Å²) in [5, 5.41) is 8.04. The van der Waals surface area contributed by atoms with Gasteiger partial charge in [0.05, 0.1) is 12.1 Å². The van der Waals surface area contributed by atoms with E-state index >= 15 is 0 Å². The highest BCUT2D eigenvalue weighted by Gasteiger charge is 2.07. The second-order valence-electron chi connectivity index (χ2n) is 4.26. The van der Waals surface area contributed by atoms with Crippen molar-refractivity contribution >= 4 is 22.5 Å². The maximum Gasteiger partial charge on any atom is 0.227 e. The Morgan fingerprint density at radius 2 is 2.05 bits per heavy atom. The van der Waals surface area contributed by atoms with Crippen molar-refractivity contribution in [3.8, 4) is 11.3 Å². The van der Waals surface area contributed by atoms with Gasteiger partial charge in [0.25, 0.3) is 0 Å². The third-order valence-corrected chi connectivity index (χ3v) is 3.09. The van der Waals surface area contributed by atoms with E-state index in [-0.39, 0.29) is 5.24 Å². The van der Waals surface area contributed by atoms with Crippen molar-refractivity contribution in [1.82, 2.24) is 19.8 Å². The number of pyridine rings is 1. The predicted molar refractivity (Wildman–Crippen MR) is 71.9 cm³/mol. The quantitative estimate of drug-likeness (QED) is 0.535. The van der Waals surface area contributed by atoms with E-state index < -0.39 is 0 Å². The van der Waals surface area contributed by atoms with Crippen LogP contribution >= 0.6 is 11.6 Å². The molecular weight excluding hydrogens is 278 g/mol. The summed E-state index contributed by atoms with van der Waals surface area (Å²) in [7, 11) is 0. The van der Waals surface area contributed by atoms with Crippen LogP contribution < -0.4 is 4.57 Å². The molecule has 0 aliphatic carbocycles. The number of carbonyl (C=O) groups is 1. The Morgan fingerprint density at radius 3 is 2.80 bits per heavy atom. The summed E-state index contributed by atoms with van der Waals surface area (Å²) >= 11 is 5.32. The average molecular weight is 289 g/mol. The van der Waals surface area contributed by atoms with E-state index in [1.807, 2.05) is 41.2 Å². The molecule has 3 aromatic rings. The zero-order chi connectivity index (χ0) is 13.9. The van der Waals surface area contributed by atoms with Gasteiger partial charge in [-0.1, -0.05) is 0 Å². The van der Waals surface area contributed by atoms with Crippen molar-refractivity contribution < 1.29 is 9.36 Å². The van der Waals surface area contributed by atoms with Crippen LogP contribution in [-0.4, -0.2) is 25.1 Å². The summed E-state index contributed by atoms with van der Waals surface area (Å²) < 4.78 is 3.39. The Bertz CT molecular complexity index is 753. The Balaban J connectivity index is 1.84. The van der Waals surface area contributed by atoms with E-state index in [2.05, 4.69) is 15.2 Å². The highest BCUT2D eigenvalue weighted by Crippen LogP contribution is 2.14. The molecule has 0 aliphatic rings. The topological polar surface area (TPSA) is 64.0 Å². The van der Waals surface area contributed by atoms with E-state index in [9.17, 15) is 4.79 Å². The summed E-state index contributed by atoms with van der Waals surface area (Å²) in [6.07, 6.45) is 5.56. The van der Waals surface area contributed by atoms with Gasteiger partial charge in [0.2, 0.25) is 5.24 Å². The second-order valence-corrected chi connectivity index (χ2v) is 4.68. The Hall–Kier alpha value is -2.34. The lowest BCUT2D eigenvalue weighted by Gasteiger charge is -2.00. The third kappa shape index (κ3) is 2.65. The molecule has 3 aromatic heterocycles. The van der Waals surface area contributed by atoms with Crippen LogP contribution in [0.2, 0.25) is 0 Å². The van der Waals surface area contributed by atoms with Gasteiger partial charge in [-0.05, 0) is 23.7 Å². The summed E-state index contributed by atoms with van der Waals surface area (Å²) in [5.74, 6) is 0. The first kappa shape index (κ1) is 12.7. The molecule has 3 rings (SSSR count). The van der Waals surface area contributed by atoms with E-state index in [4.69, 9.17) is 11.6 Å². The molecule has 0 amide bonds. The van der Waals surface area contributed by atoms with Gasteiger partial charge in [0.1, 0.15) is 6.33 Å². The van der Waals surface area contributed by atoms with E-state index in [0.717, 1.165) is 11.3 Å². The summed E-state index contributed by atoms with van der Waals surface area (Å²) in [5.41, 5.74) is 2.49. The SMILES string of the molecule is O=C(Cl)CC[n+]1ccc(-c2ccc3ncnn3n2)cc1. The van der Waals surface area contributed by atoms with Crippen LogP contribution in [0.3, 0.4) is 0 Å². The van der Waals surface area contributed by atoms with E-state index in [1.54, 1.807) is 0 Å². The molecule has 0 aromatic carbocycles.